The lowest BCUT2D eigenvalue weighted by Gasteiger charge is -1.98. The first-order valence-electron chi connectivity index (χ1n) is 5.52. The van der Waals surface area contributed by atoms with Crippen LogP contribution >= 0.6 is 0 Å². The van der Waals surface area contributed by atoms with E-state index < -0.39 is 5.97 Å². The normalized spacial score (nSPS) is 10.1. The van der Waals surface area contributed by atoms with Gasteiger partial charge in [-0.3, -0.25) is 0 Å². The van der Waals surface area contributed by atoms with E-state index in [-0.39, 0.29) is 0 Å². The number of aryl methyl sites for hydroxylation is 2. The van der Waals surface area contributed by atoms with E-state index in [1.54, 1.807) is 24.5 Å². The minimum Gasteiger partial charge on any atom is -0.478 e. The van der Waals surface area contributed by atoms with Crippen LogP contribution in [0.5, 0.6) is 0 Å². The molecule has 0 spiro atoms. The zero-order chi connectivity index (χ0) is 12.1. The Balaban J connectivity index is 1.98. The van der Waals surface area contributed by atoms with E-state index in [2.05, 4.69) is 12.1 Å². The summed E-state index contributed by atoms with van der Waals surface area (Å²) < 4.78 is 1.99. The van der Waals surface area contributed by atoms with Gasteiger partial charge in [0.25, 0.3) is 0 Å². The minimum absolute atomic E-state index is 0.320. The maximum atomic E-state index is 10.7. The number of carboxylic acids is 1. The molecule has 1 N–H and O–H groups in total. The van der Waals surface area contributed by atoms with Gasteiger partial charge in [-0.25, -0.2) is 9.36 Å². The molecule has 86 valence electrons. The van der Waals surface area contributed by atoms with Crippen LogP contribution in [0.15, 0.2) is 54.9 Å². The van der Waals surface area contributed by atoms with Crippen molar-refractivity contribution in [3.05, 3.63) is 66.0 Å². The molecule has 0 bridgehead atoms. The molecule has 3 nitrogen and oxygen atoms in total. The Hall–Kier alpha value is -2.16. The van der Waals surface area contributed by atoms with Crippen molar-refractivity contribution in [2.75, 3.05) is 0 Å². The van der Waals surface area contributed by atoms with Crippen LogP contribution in [0, 0.1) is 0 Å². The average molecular weight is 228 g/mol. The number of aromatic nitrogens is 1. The quantitative estimate of drug-likeness (QED) is 0.812. The predicted molar refractivity (Wildman–Crippen MR) is 63.7 cm³/mol. The molecule has 2 rings (SSSR count). The van der Waals surface area contributed by atoms with Gasteiger partial charge in [-0.2, -0.15) is 0 Å². The van der Waals surface area contributed by atoms with Crippen LogP contribution in [0.4, 0.5) is 0 Å². The maximum Gasteiger partial charge on any atom is 0.336 e. The van der Waals surface area contributed by atoms with Gasteiger partial charge in [0.2, 0.25) is 0 Å². The zero-order valence-electron chi connectivity index (χ0n) is 9.41. The fourth-order valence-electron chi connectivity index (χ4n) is 1.65. The van der Waals surface area contributed by atoms with Crippen LogP contribution in [0.1, 0.15) is 15.9 Å². The first-order valence-corrected chi connectivity index (χ1v) is 5.52. The third-order valence-corrected chi connectivity index (χ3v) is 2.64. The third kappa shape index (κ3) is 3.14. The van der Waals surface area contributed by atoms with Crippen molar-refractivity contribution in [2.45, 2.75) is 13.0 Å². The summed E-state index contributed by atoms with van der Waals surface area (Å²) >= 11 is 0. The number of benzene rings is 1. The van der Waals surface area contributed by atoms with Crippen LogP contribution < -0.4 is 4.57 Å². The van der Waals surface area contributed by atoms with Crippen molar-refractivity contribution in [1.29, 1.82) is 0 Å². The second kappa shape index (κ2) is 5.25. The third-order valence-electron chi connectivity index (χ3n) is 2.64. The van der Waals surface area contributed by atoms with Crippen molar-refractivity contribution < 1.29 is 14.5 Å². The van der Waals surface area contributed by atoms with Crippen molar-refractivity contribution >= 4 is 5.97 Å². The highest BCUT2D eigenvalue weighted by atomic mass is 16.4. The maximum absolute atomic E-state index is 10.7. The fourth-order valence-corrected chi connectivity index (χ4v) is 1.65. The van der Waals surface area contributed by atoms with Crippen LogP contribution in [0.3, 0.4) is 0 Å². The molecular formula is C14H14NO2+. The number of hydrogen-bond acceptors (Lipinski definition) is 1. The molecule has 1 heterocycles. The van der Waals surface area contributed by atoms with Crippen LogP contribution in [-0.4, -0.2) is 11.1 Å². The predicted octanol–water partition coefficient (Wildman–Crippen LogP) is 1.91. The molecule has 1 aromatic heterocycles. The summed E-state index contributed by atoms with van der Waals surface area (Å²) in [5, 5.41) is 8.77. The van der Waals surface area contributed by atoms with Gasteiger partial charge in [0, 0.05) is 18.6 Å². The topological polar surface area (TPSA) is 41.2 Å². The first kappa shape index (κ1) is 11.3. The lowest BCUT2D eigenvalue weighted by Crippen LogP contribution is -2.33. The van der Waals surface area contributed by atoms with Gasteiger partial charge in [0.15, 0.2) is 18.9 Å². The minimum atomic E-state index is -0.889. The van der Waals surface area contributed by atoms with E-state index in [4.69, 9.17) is 5.11 Å². The summed E-state index contributed by atoms with van der Waals surface area (Å²) in [6, 6.07) is 13.5. The van der Waals surface area contributed by atoms with Crippen molar-refractivity contribution in [2.24, 2.45) is 0 Å². The summed E-state index contributed by atoms with van der Waals surface area (Å²) in [6.07, 6.45) is 4.54. The van der Waals surface area contributed by atoms with Crippen LogP contribution in [0.2, 0.25) is 0 Å². The zero-order valence-corrected chi connectivity index (χ0v) is 9.41. The van der Waals surface area contributed by atoms with E-state index in [1.165, 1.54) is 5.56 Å². The molecule has 17 heavy (non-hydrogen) atoms. The van der Waals surface area contributed by atoms with Gasteiger partial charge in [0.1, 0.15) is 0 Å². The molecule has 0 aliphatic heterocycles. The Kier molecular flexibility index (Phi) is 3.50. The molecule has 0 saturated carbocycles. The number of nitrogens with zero attached hydrogens (tertiary/aromatic N) is 1. The Morgan fingerprint density at radius 3 is 2.29 bits per heavy atom. The summed E-state index contributed by atoms with van der Waals surface area (Å²) in [5.74, 6) is -0.889. The Morgan fingerprint density at radius 2 is 1.71 bits per heavy atom. The Bertz CT molecular complexity index is 491. The van der Waals surface area contributed by atoms with E-state index in [0.29, 0.717) is 5.56 Å². The number of carboxylic acid groups (broad SMARTS) is 1. The number of hydrogen-bond donors (Lipinski definition) is 1. The Morgan fingerprint density at radius 1 is 1.06 bits per heavy atom. The van der Waals surface area contributed by atoms with E-state index >= 15 is 0 Å². The summed E-state index contributed by atoms with van der Waals surface area (Å²) in [4.78, 5) is 10.7. The largest absolute Gasteiger partial charge is 0.478 e. The summed E-state index contributed by atoms with van der Waals surface area (Å²) in [7, 11) is 0. The molecular weight excluding hydrogens is 214 g/mol. The van der Waals surface area contributed by atoms with Gasteiger partial charge < -0.3 is 5.11 Å². The summed E-state index contributed by atoms with van der Waals surface area (Å²) in [6.45, 7) is 0.851. The average Bonchev–Trinajstić information content (AvgIpc) is 2.38. The fraction of sp³-hybridized carbons (Fsp3) is 0.143. The van der Waals surface area contributed by atoms with Crippen molar-refractivity contribution in [3.8, 4) is 0 Å². The number of carbonyl (C=O) groups is 1. The highest BCUT2D eigenvalue weighted by molar-refractivity contribution is 5.87. The van der Waals surface area contributed by atoms with E-state index in [1.807, 2.05) is 22.8 Å². The second-order valence-electron chi connectivity index (χ2n) is 3.87. The molecule has 0 aliphatic rings. The molecule has 2 aromatic rings. The first-order chi connectivity index (χ1) is 8.25. The summed E-state index contributed by atoms with van der Waals surface area (Å²) in [5.41, 5.74) is 1.60. The highest BCUT2D eigenvalue weighted by Gasteiger charge is 2.05. The molecule has 0 aliphatic carbocycles. The number of aromatic carboxylic acids is 1. The van der Waals surface area contributed by atoms with Crippen LogP contribution in [-0.2, 0) is 13.0 Å². The van der Waals surface area contributed by atoms with Crippen LogP contribution in [0.25, 0.3) is 0 Å². The smallest absolute Gasteiger partial charge is 0.336 e. The molecule has 0 atom stereocenters. The van der Waals surface area contributed by atoms with E-state index in [9.17, 15) is 4.79 Å². The van der Waals surface area contributed by atoms with E-state index in [0.717, 1.165) is 13.0 Å². The number of rotatable bonds is 4. The van der Waals surface area contributed by atoms with Gasteiger partial charge in [-0.15, -0.1) is 0 Å². The molecule has 0 fully saturated rings. The van der Waals surface area contributed by atoms with Gasteiger partial charge >= 0.3 is 5.97 Å². The van der Waals surface area contributed by atoms with Gasteiger partial charge in [-0.05, 0) is 5.56 Å². The molecule has 0 amide bonds. The SMILES string of the molecule is O=C(O)c1cc[n+](CCc2ccccc2)cc1. The monoisotopic (exact) mass is 228 g/mol. The lowest BCUT2D eigenvalue weighted by atomic mass is 10.1. The second-order valence-corrected chi connectivity index (χ2v) is 3.87. The molecule has 3 heteroatoms. The van der Waals surface area contributed by atoms with Gasteiger partial charge in [-0.1, -0.05) is 30.3 Å². The Labute approximate surface area is 100.0 Å². The molecule has 1 aromatic carbocycles. The van der Waals surface area contributed by atoms with Gasteiger partial charge in [0.05, 0.1) is 5.56 Å². The van der Waals surface area contributed by atoms with Crippen molar-refractivity contribution in [1.82, 2.24) is 0 Å². The molecule has 0 unspecified atom stereocenters. The molecule has 0 saturated heterocycles. The number of pyridine rings is 1. The highest BCUT2D eigenvalue weighted by Crippen LogP contribution is 1.99. The molecule has 0 radical (unpaired) electrons. The van der Waals surface area contributed by atoms with Crippen molar-refractivity contribution in [3.63, 3.8) is 0 Å². The lowest BCUT2D eigenvalue weighted by molar-refractivity contribution is -0.696. The standard InChI is InChI=1S/C14H13NO2/c16-14(17)13-7-10-15(11-8-13)9-6-12-4-2-1-3-5-12/h1-5,7-8,10-11H,6,9H2/p+1.